The van der Waals surface area contributed by atoms with Crippen molar-refractivity contribution in [3.05, 3.63) is 22.4 Å². The van der Waals surface area contributed by atoms with E-state index < -0.39 is 0 Å². The van der Waals surface area contributed by atoms with Gasteiger partial charge in [0.15, 0.2) is 0 Å². The van der Waals surface area contributed by atoms with Crippen LogP contribution in [0.4, 0.5) is 4.79 Å². The lowest BCUT2D eigenvalue weighted by Crippen LogP contribution is -2.48. The molecule has 0 bridgehead atoms. The van der Waals surface area contributed by atoms with Gasteiger partial charge in [0.05, 0.1) is 19.8 Å². The smallest absolute Gasteiger partial charge is 0.315 e. The first-order chi connectivity index (χ1) is 9.25. The summed E-state index contributed by atoms with van der Waals surface area (Å²) >= 11 is 1.65. The van der Waals surface area contributed by atoms with Gasteiger partial charge in [-0.15, -0.1) is 11.3 Å². The molecule has 19 heavy (non-hydrogen) atoms. The van der Waals surface area contributed by atoms with E-state index in [0.29, 0.717) is 19.1 Å². The van der Waals surface area contributed by atoms with E-state index in [4.69, 9.17) is 4.74 Å². The van der Waals surface area contributed by atoms with Crippen LogP contribution in [0.2, 0.25) is 0 Å². The summed E-state index contributed by atoms with van der Waals surface area (Å²) in [5, 5.41) is 7.78. The zero-order valence-electron chi connectivity index (χ0n) is 11.2. The van der Waals surface area contributed by atoms with Gasteiger partial charge in [-0.1, -0.05) is 6.07 Å². The number of ether oxygens (including phenoxy) is 1. The Kier molecular flexibility index (Phi) is 5.62. The van der Waals surface area contributed by atoms with Crippen LogP contribution in [0, 0.1) is 0 Å². The Morgan fingerprint density at radius 3 is 2.95 bits per heavy atom. The van der Waals surface area contributed by atoms with Crippen molar-refractivity contribution < 1.29 is 9.53 Å². The molecule has 1 aromatic heterocycles. The number of nitrogens with zero attached hydrogens (tertiary/aromatic N) is 1. The van der Waals surface area contributed by atoms with E-state index in [1.54, 1.807) is 11.3 Å². The van der Waals surface area contributed by atoms with Crippen molar-refractivity contribution in [2.45, 2.75) is 19.5 Å². The van der Waals surface area contributed by atoms with Crippen LogP contribution < -0.4 is 10.6 Å². The summed E-state index contributed by atoms with van der Waals surface area (Å²) in [6, 6.07) is 4.24. The highest BCUT2D eigenvalue weighted by atomic mass is 32.1. The molecule has 2 rings (SSSR count). The molecule has 1 aliphatic rings. The van der Waals surface area contributed by atoms with Gasteiger partial charge in [0.25, 0.3) is 0 Å². The Labute approximate surface area is 117 Å². The van der Waals surface area contributed by atoms with Gasteiger partial charge in [-0.2, -0.15) is 0 Å². The Bertz CT molecular complexity index is 377. The third kappa shape index (κ3) is 4.81. The maximum atomic E-state index is 11.7. The van der Waals surface area contributed by atoms with Crippen LogP contribution >= 0.6 is 11.3 Å². The fourth-order valence-corrected chi connectivity index (χ4v) is 2.68. The van der Waals surface area contributed by atoms with E-state index >= 15 is 0 Å². The lowest BCUT2D eigenvalue weighted by atomic mass is 10.2. The standard InChI is InChI=1S/C13H21N3O2S/c1-11(16-4-6-18-7-5-16)9-14-13(17)15-10-12-3-2-8-19-12/h2-3,8,11H,4-7,9-10H2,1H3,(H2,14,15,17). The molecule has 2 amide bonds. The van der Waals surface area contributed by atoms with E-state index in [0.717, 1.165) is 31.2 Å². The predicted molar refractivity (Wildman–Crippen MR) is 76.4 cm³/mol. The number of amides is 2. The van der Waals surface area contributed by atoms with E-state index in [-0.39, 0.29) is 6.03 Å². The number of morpholine rings is 1. The predicted octanol–water partition coefficient (Wildman–Crippen LogP) is 1.27. The number of carbonyl (C=O) groups excluding carboxylic acids is 1. The summed E-state index contributed by atoms with van der Waals surface area (Å²) in [6.45, 7) is 6.85. The van der Waals surface area contributed by atoms with Crippen LogP contribution in [-0.4, -0.2) is 49.8 Å². The molecule has 0 aromatic carbocycles. The van der Waals surface area contributed by atoms with E-state index in [9.17, 15) is 4.79 Å². The van der Waals surface area contributed by atoms with Crippen molar-refractivity contribution in [1.82, 2.24) is 15.5 Å². The minimum absolute atomic E-state index is 0.103. The SMILES string of the molecule is CC(CNC(=O)NCc1cccs1)N1CCOCC1. The lowest BCUT2D eigenvalue weighted by molar-refractivity contribution is 0.0209. The zero-order chi connectivity index (χ0) is 13.5. The van der Waals surface area contributed by atoms with Crippen LogP contribution in [0.1, 0.15) is 11.8 Å². The molecule has 5 nitrogen and oxygen atoms in total. The third-order valence-electron chi connectivity index (χ3n) is 3.23. The van der Waals surface area contributed by atoms with Crippen LogP contribution in [0.25, 0.3) is 0 Å². The van der Waals surface area contributed by atoms with Gasteiger partial charge in [0.1, 0.15) is 0 Å². The highest BCUT2D eigenvalue weighted by Crippen LogP contribution is 2.07. The average Bonchev–Trinajstić information content (AvgIpc) is 2.96. The number of hydrogen-bond acceptors (Lipinski definition) is 4. The first-order valence-electron chi connectivity index (χ1n) is 6.61. The molecule has 1 saturated heterocycles. The summed E-state index contributed by atoms with van der Waals surface area (Å²) in [4.78, 5) is 15.2. The second kappa shape index (κ2) is 7.47. The zero-order valence-corrected chi connectivity index (χ0v) is 12.0. The fraction of sp³-hybridized carbons (Fsp3) is 0.615. The molecule has 1 fully saturated rings. The summed E-state index contributed by atoms with van der Waals surface area (Å²) < 4.78 is 5.32. The largest absolute Gasteiger partial charge is 0.379 e. The molecule has 0 spiro atoms. The van der Waals surface area contributed by atoms with Crippen LogP contribution in [0.5, 0.6) is 0 Å². The summed E-state index contributed by atoms with van der Waals surface area (Å²) in [5.41, 5.74) is 0. The van der Waals surface area contributed by atoms with Gasteiger partial charge >= 0.3 is 6.03 Å². The summed E-state index contributed by atoms with van der Waals surface area (Å²) in [7, 11) is 0. The van der Waals surface area contributed by atoms with E-state index in [1.165, 1.54) is 0 Å². The molecule has 2 N–H and O–H groups in total. The Balaban J connectivity index is 1.62. The van der Waals surface area contributed by atoms with Crippen molar-refractivity contribution in [2.75, 3.05) is 32.8 Å². The van der Waals surface area contributed by atoms with Crippen LogP contribution in [0.15, 0.2) is 17.5 Å². The maximum absolute atomic E-state index is 11.7. The Morgan fingerprint density at radius 2 is 2.26 bits per heavy atom. The monoisotopic (exact) mass is 283 g/mol. The first-order valence-corrected chi connectivity index (χ1v) is 7.49. The van der Waals surface area contributed by atoms with Gasteiger partial charge < -0.3 is 15.4 Å². The van der Waals surface area contributed by atoms with Gasteiger partial charge in [0, 0.05) is 30.6 Å². The highest BCUT2D eigenvalue weighted by molar-refractivity contribution is 7.09. The number of hydrogen-bond donors (Lipinski definition) is 2. The quantitative estimate of drug-likeness (QED) is 0.855. The van der Waals surface area contributed by atoms with Gasteiger partial charge in [-0.25, -0.2) is 4.79 Å². The molecule has 1 atom stereocenters. The van der Waals surface area contributed by atoms with Crippen LogP contribution in [0.3, 0.4) is 0 Å². The number of urea groups is 1. The van der Waals surface area contributed by atoms with Crippen LogP contribution in [-0.2, 0) is 11.3 Å². The normalized spacial score (nSPS) is 17.9. The average molecular weight is 283 g/mol. The molecule has 106 valence electrons. The molecule has 2 heterocycles. The fourth-order valence-electron chi connectivity index (χ4n) is 2.03. The van der Waals surface area contributed by atoms with Gasteiger partial charge in [0.2, 0.25) is 0 Å². The van der Waals surface area contributed by atoms with E-state index in [2.05, 4.69) is 22.5 Å². The molecule has 1 aromatic rings. The number of nitrogens with one attached hydrogen (secondary N) is 2. The van der Waals surface area contributed by atoms with Crippen molar-refractivity contribution in [3.8, 4) is 0 Å². The Morgan fingerprint density at radius 1 is 1.47 bits per heavy atom. The number of rotatable bonds is 5. The molecule has 0 radical (unpaired) electrons. The molecule has 1 unspecified atom stereocenters. The molecule has 6 heteroatoms. The van der Waals surface area contributed by atoms with Gasteiger partial charge in [-0.3, -0.25) is 4.90 Å². The number of thiophene rings is 1. The minimum Gasteiger partial charge on any atom is -0.379 e. The molecule has 0 aliphatic carbocycles. The van der Waals surface area contributed by atoms with E-state index in [1.807, 2.05) is 17.5 Å². The number of carbonyl (C=O) groups is 1. The maximum Gasteiger partial charge on any atom is 0.315 e. The first kappa shape index (κ1) is 14.3. The third-order valence-corrected chi connectivity index (χ3v) is 4.11. The highest BCUT2D eigenvalue weighted by Gasteiger charge is 2.17. The molecule has 0 saturated carbocycles. The van der Waals surface area contributed by atoms with Gasteiger partial charge in [-0.05, 0) is 18.4 Å². The topological polar surface area (TPSA) is 53.6 Å². The second-order valence-corrected chi connectivity index (χ2v) is 5.67. The lowest BCUT2D eigenvalue weighted by Gasteiger charge is -2.32. The van der Waals surface area contributed by atoms with Crippen molar-refractivity contribution in [2.24, 2.45) is 0 Å². The summed E-state index contributed by atoms with van der Waals surface area (Å²) in [5.74, 6) is 0. The molecular weight excluding hydrogens is 262 g/mol. The molecular formula is C13H21N3O2S. The van der Waals surface area contributed by atoms with Crippen molar-refractivity contribution in [1.29, 1.82) is 0 Å². The Hall–Kier alpha value is -1.11. The van der Waals surface area contributed by atoms with Crippen molar-refractivity contribution >= 4 is 17.4 Å². The molecule has 1 aliphatic heterocycles. The second-order valence-electron chi connectivity index (χ2n) is 4.64. The summed E-state index contributed by atoms with van der Waals surface area (Å²) in [6.07, 6.45) is 0. The van der Waals surface area contributed by atoms with Crippen molar-refractivity contribution in [3.63, 3.8) is 0 Å². The minimum atomic E-state index is -0.103.